The van der Waals surface area contributed by atoms with Gasteiger partial charge in [0.1, 0.15) is 11.3 Å². The molecule has 1 aromatic heterocycles. The number of carboxylic acid groups (broad SMARTS) is 1. The van der Waals surface area contributed by atoms with Gasteiger partial charge in [-0.25, -0.2) is 31.7 Å². The number of nitrogens with zero attached hydrogens (tertiary/aromatic N) is 2. The third-order valence-corrected chi connectivity index (χ3v) is 6.44. The number of benzene rings is 1. The summed E-state index contributed by atoms with van der Waals surface area (Å²) in [5, 5.41) is 11.5. The van der Waals surface area contributed by atoms with E-state index in [0.29, 0.717) is 0 Å². The molecule has 2 amide bonds. The van der Waals surface area contributed by atoms with Gasteiger partial charge in [-0.3, -0.25) is 4.79 Å². The summed E-state index contributed by atoms with van der Waals surface area (Å²) < 4.78 is 68.6. The zero-order chi connectivity index (χ0) is 24.1. The summed E-state index contributed by atoms with van der Waals surface area (Å²) in [6.07, 6.45) is -2.01. The molecular weight excluding hydrogens is 451 g/mol. The summed E-state index contributed by atoms with van der Waals surface area (Å²) in [6.45, 7) is -0.0152. The minimum Gasteiger partial charge on any atom is -0.465 e. The van der Waals surface area contributed by atoms with Crippen molar-refractivity contribution in [2.45, 2.75) is 56.4 Å². The Hall–Kier alpha value is -2.92. The lowest BCUT2D eigenvalue weighted by molar-refractivity contribution is -0.166. The van der Waals surface area contributed by atoms with E-state index in [1.165, 1.54) is 19.1 Å². The predicted octanol–water partition coefficient (Wildman–Crippen LogP) is 4.42. The van der Waals surface area contributed by atoms with Gasteiger partial charge < -0.3 is 20.3 Å². The van der Waals surface area contributed by atoms with Crippen molar-refractivity contribution in [1.29, 1.82) is 0 Å². The Balaban J connectivity index is 1.61. The van der Waals surface area contributed by atoms with E-state index < -0.39 is 60.6 Å². The Kier molecular flexibility index (Phi) is 5.73. The van der Waals surface area contributed by atoms with Gasteiger partial charge in [0.05, 0.1) is 30.6 Å². The summed E-state index contributed by atoms with van der Waals surface area (Å²) in [5.41, 5.74) is 0.0648. The molecule has 2 heterocycles. The first-order valence-corrected chi connectivity index (χ1v) is 10.6. The van der Waals surface area contributed by atoms with Crippen LogP contribution in [-0.4, -0.2) is 56.9 Å². The lowest BCUT2D eigenvalue weighted by Crippen LogP contribution is -2.59. The van der Waals surface area contributed by atoms with Crippen LogP contribution in [0.25, 0.3) is 11.0 Å². The van der Waals surface area contributed by atoms with E-state index in [0.717, 1.165) is 4.90 Å². The molecule has 2 aliphatic rings. The largest absolute Gasteiger partial charge is 0.465 e. The number of aromatic nitrogens is 2. The second kappa shape index (κ2) is 8.14. The third kappa shape index (κ3) is 4.60. The molecule has 4 rings (SSSR count). The first kappa shape index (κ1) is 23.2. The number of carbonyl (C=O) groups is 2. The maximum Gasteiger partial charge on any atom is 0.405 e. The summed E-state index contributed by atoms with van der Waals surface area (Å²) in [7, 11) is 0. The van der Waals surface area contributed by atoms with Gasteiger partial charge in [-0.05, 0) is 31.7 Å². The first-order chi connectivity index (χ1) is 15.4. The number of hydrogen-bond acceptors (Lipinski definition) is 3. The van der Waals surface area contributed by atoms with Crippen molar-refractivity contribution < 1.29 is 36.6 Å². The molecule has 7 nitrogen and oxygen atoms in total. The Morgan fingerprint density at radius 1 is 1.18 bits per heavy atom. The molecule has 2 fully saturated rings. The molecule has 0 bridgehead atoms. The number of amides is 2. The van der Waals surface area contributed by atoms with E-state index in [9.17, 15) is 32.3 Å². The van der Waals surface area contributed by atoms with Crippen LogP contribution < -0.4 is 5.32 Å². The van der Waals surface area contributed by atoms with Gasteiger partial charge in [-0.15, -0.1) is 0 Å². The number of likely N-dealkylation sites (tertiary alicyclic amines) is 1. The van der Waals surface area contributed by atoms with Gasteiger partial charge in [0.25, 0.3) is 5.92 Å². The number of nitrogens with one attached hydrogen (secondary N) is 2. The smallest absolute Gasteiger partial charge is 0.405 e. The number of halogens is 5. The molecule has 3 N–H and O–H groups in total. The standard InChI is InChI=1S/C21H23F5N4O3/c1-10(18(31)30-8-21(25,26)9-30)12-2-3-13-16(14(12)22)28-17(27-13)15(29-19(32)33)11-4-6-20(23,24)7-5-11/h2-3,10-11,15,29H,4-9H2,1H3,(H,27,28)(H,32,33). The van der Waals surface area contributed by atoms with Gasteiger partial charge in [0, 0.05) is 18.4 Å². The number of alkyl halides is 4. The Morgan fingerprint density at radius 3 is 2.39 bits per heavy atom. The van der Waals surface area contributed by atoms with E-state index in [1.807, 2.05) is 0 Å². The number of aromatic amines is 1. The summed E-state index contributed by atoms with van der Waals surface area (Å²) in [6, 6.07) is 1.86. The van der Waals surface area contributed by atoms with Gasteiger partial charge >= 0.3 is 6.09 Å². The highest BCUT2D eigenvalue weighted by atomic mass is 19.3. The van der Waals surface area contributed by atoms with Crippen molar-refractivity contribution in [2.75, 3.05) is 13.1 Å². The summed E-state index contributed by atoms with van der Waals surface area (Å²) >= 11 is 0. The van der Waals surface area contributed by atoms with Gasteiger partial charge in [-0.1, -0.05) is 6.07 Å². The molecule has 1 aromatic carbocycles. The molecule has 33 heavy (non-hydrogen) atoms. The Labute approximate surface area is 185 Å². The molecule has 12 heteroatoms. The van der Waals surface area contributed by atoms with Crippen molar-refractivity contribution in [3.63, 3.8) is 0 Å². The fourth-order valence-corrected chi connectivity index (χ4v) is 4.57. The molecule has 2 unspecified atom stereocenters. The molecule has 180 valence electrons. The molecule has 1 saturated carbocycles. The van der Waals surface area contributed by atoms with E-state index in [2.05, 4.69) is 15.3 Å². The van der Waals surface area contributed by atoms with Crippen LogP contribution in [-0.2, 0) is 4.79 Å². The molecule has 0 radical (unpaired) electrons. The second-order valence-electron chi connectivity index (χ2n) is 8.88. The number of imidazole rings is 1. The zero-order valence-electron chi connectivity index (χ0n) is 17.7. The lowest BCUT2D eigenvalue weighted by Gasteiger charge is -2.40. The number of rotatable bonds is 5. The van der Waals surface area contributed by atoms with Crippen molar-refractivity contribution in [2.24, 2.45) is 5.92 Å². The summed E-state index contributed by atoms with van der Waals surface area (Å²) in [5.74, 6) is -8.61. The SMILES string of the molecule is CC(C(=O)N1CC(F)(F)C1)c1ccc2[nH]c(C(NC(=O)O)C3CCC(F)(F)CC3)nc2c1F. The van der Waals surface area contributed by atoms with Crippen LogP contribution in [0.5, 0.6) is 0 Å². The maximum atomic E-state index is 15.3. The fraction of sp³-hybridized carbons (Fsp3) is 0.571. The average Bonchev–Trinajstić information content (AvgIpc) is 3.14. The van der Waals surface area contributed by atoms with Crippen LogP contribution >= 0.6 is 0 Å². The van der Waals surface area contributed by atoms with E-state index in [-0.39, 0.29) is 48.1 Å². The first-order valence-electron chi connectivity index (χ1n) is 10.6. The minimum atomic E-state index is -2.94. The Morgan fingerprint density at radius 2 is 1.82 bits per heavy atom. The van der Waals surface area contributed by atoms with Crippen molar-refractivity contribution in [1.82, 2.24) is 20.2 Å². The van der Waals surface area contributed by atoms with E-state index >= 15 is 4.39 Å². The highest BCUT2D eigenvalue weighted by Crippen LogP contribution is 2.41. The molecule has 1 aliphatic heterocycles. The van der Waals surface area contributed by atoms with Crippen LogP contribution in [0.1, 0.15) is 56.0 Å². The number of H-pyrrole nitrogens is 1. The second-order valence-corrected chi connectivity index (χ2v) is 8.88. The van der Waals surface area contributed by atoms with Gasteiger partial charge in [0.15, 0.2) is 5.82 Å². The third-order valence-electron chi connectivity index (χ3n) is 6.44. The predicted molar refractivity (Wildman–Crippen MR) is 107 cm³/mol. The average molecular weight is 474 g/mol. The van der Waals surface area contributed by atoms with Crippen molar-refractivity contribution in [3.8, 4) is 0 Å². The van der Waals surface area contributed by atoms with E-state index in [4.69, 9.17) is 0 Å². The maximum absolute atomic E-state index is 15.3. The normalized spacial score (nSPS) is 21.9. The molecule has 1 saturated heterocycles. The number of carbonyl (C=O) groups excluding carboxylic acids is 1. The van der Waals surface area contributed by atoms with Crippen molar-refractivity contribution in [3.05, 3.63) is 29.3 Å². The number of fused-ring (bicyclic) bond motifs is 1. The van der Waals surface area contributed by atoms with Crippen LogP contribution in [0.15, 0.2) is 12.1 Å². The van der Waals surface area contributed by atoms with E-state index in [1.54, 1.807) is 0 Å². The highest BCUT2D eigenvalue weighted by Gasteiger charge is 2.47. The molecular formula is C21H23F5N4O3. The zero-order valence-corrected chi connectivity index (χ0v) is 17.7. The van der Waals surface area contributed by atoms with Crippen LogP contribution in [0.3, 0.4) is 0 Å². The molecule has 1 aliphatic carbocycles. The Bertz CT molecular complexity index is 1070. The van der Waals surface area contributed by atoms with Gasteiger partial charge in [-0.2, -0.15) is 0 Å². The minimum absolute atomic E-state index is 0.0270. The summed E-state index contributed by atoms with van der Waals surface area (Å²) in [4.78, 5) is 31.8. The molecule has 2 aromatic rings. The van der Waals surface area contributed by atoms with Crippen LogP contribution in [0, 0.1) is 11.7 Å². The lowest BCUT2D eigenvalue weighted by atomic mass is 9.82. The molecule has 0 spiro atoms. The fourth-order valence-electron chi connectivity index (χ4n) is 4.57. The quantitative estimate of drug-likeness (QED) is 0.559. The monoisotopic (exact) mass is 474 g/mol. The van der Waals surface area contributed by atoms with Crippen LogP contribution in [0.4, 0.5) is 26.7 Å². The van der Waals surface area contributed by atoms with Crippen molar-refractivity contribution >= 4 is 23.0 Å². The number of hydrogen-bond donors (Lipinski definition) is 3. The molecule has 2 atom stereocenters. The van der Waals surface area contributed by atoms with Gasteiger partial charge in [0.2, 0.25) is 11.8 Å². The topological polar surface area (TPSA) is 98.3 Å². The van der Waals surface area contributed by atoms with Crippen LogP contribution in [0.2, 0.25) is 0 Å². The highest BCUT2D eigenvalue weighted by molar-refractivity contribution is 5.86.